The highest BCUT2D eigenvalue weighted by Gasteiger charge is 2.22. The van der Waals surface area contributed by atoms with Crippen LogP contribution in [0.5, 0.6) is 0 Å². The zero-order valence-corrected chi connectivity index (χ0v) is 11.9. The van der Waals surface area contributed by atoms with Crippen LogP contribution in [0.1, 0.15) is 10.4 Å². The lowest BCUT2D eigenvalue weighted by Gasteiger charge is -2.21. The molecule has 102 valence electrons. The molecule has 5 nitrogen and oxygen atoms in total. The number of carbonyl (C=O) groups excluding carboxylic acids is 1. The van der Waals surface area contributed by atoms with Crippen molar-refractivity contribution in [1.29, 1.82) is 0 Å². The number of para-hydroxylation sites is 1. The number of aromatic nitrogens is 1. The number of rotatable bonds is 4. The molecule has 1 aromatic heterocycles. The van der Waals surface area contributed by atoms with Crippen molar-refractivity contribution in [2.75, 3.05) is 11.4 Å². The lowest BCUT2D eigenvalue weighted by Crippen LogP contribution is -2.36. The van der Waals surface area contributed by atoms with Crippen molar-refractivity contribution in [3.8, 4) is 0 Å². The summed E-state index contributed by atoms with van der Waals surface area (Å²) in [5.74, 6) is -1.50. The molecule has 0 aliphatic rings. The van der Waals surface area contributed by atoms with Gasteiger partial charge in [0.2, 0.25) is 0 Å². The van der Waals surface area contributed by atoms with Crippen LogP contribution in [-0.4, -0.2) is 28.5 Å². The Morgan fingerprint density at radius 2 is 1.85 bits per heavy atom. The topological polar surface area (TPSA) is 70.5 Å². The van der Waals surface area contributed by atoms with Crippen molar-refractivity contribution in [2.24, 2.45) is 0 Å². The molecule has 2 aromatic rings. The van der Waals surface area contributed by atoms with Gasteiger partial charge < -0.3 is 5.11 Å². The van der Waals surface area contributed by atoms with Crippen LogP contribution in [-0.2, 0) is 4.79 Å². The van der Waals surface area contributed by atoms with E-state index in [1.807, 2.05) is 0 Å². The molecule has 20 heavy (non-hydrogen) atoms. The van der Waals surface area contributed by atoms with Crippen LogP contribution in [0.25, 0.3) is 0 Å². The predicted molar refractivity (Wildman–Crippen MR) is 77.7 cm³/mol. The van der Waals surface area contributed by atoms with Crippen LogP contribution in [0.2, 0.25) is 0 Å². The lowest BCUT2D eigenvalue weighted by atomic mass is 10.2. The first-order chi connectivity index (χ1) is 9.59. The van der Waals surface area contributed by atoms with Crippen molar-refractivity contribution in [1.82, 2.24) is 4.98 Å². The van der Waals surface area contributed by atoms with E-state index in [1.165, 1.54) is 4.90 Å². The molecule has 0 spiro atoms. The molecule has 1 N–H and O–H groups in total. The van der Waals surface area contributed by atoms with Crippen LogP contribution in [0, 0.1) is 0 Å². The first-order valence-corrected chi connectivity index (χ1v) is 6.58. The minimum atomic E-state index is -1.08. The lowest BCUT2D eigenvalue weighted by molar-refractivity contribution is -0.135. The molecule has 1 aromatic carbocycles. The smallest absolute Gasteiger partial charge is 0.323 e. The molecule has 0 aliphatic carbocycles. The van der Waals surface area contributed by atoms with Crippen molar-refractivity contribution in [3.05, 3.63) is 58.8 Å². The van der Waals surface area contributed by atoms with Crippen molar-refractivity contribution in [3.63, 3.8) is 0 Å². The number of hydrogen-bond donors (Lipinski definition) is 1. The molecule has 0 saturated carbocycles. The molecule has 0 bridgehead atoms. The van der Waals surface area contributed by atoms with Gasteiger partial charge in [-0.05, 0) is 40.2 Å². The number of halogens is 1. The average Bonchev–Trinajstić information content (AvgIpc) is 2.45. The van der Waals surface area contributed by atoms with Crippen LogP contribution in [0.4, 0.5) is 5.69 Å². The molecule has 0 fully saturated rings. The largest absolute Gasteiger partial charge is 0.480 e. The Kier molecular flexibility index (Phi) is 4.47. The molecule has 0 radical (unpaired) electrons. The van der Waals surface area contributed by atoms with E-state index in [9.17, 15) is 9.59 Å². The molecular formula is C14H11BrN2O3. The number of benzene rings is 1. The first kappa shape index (κ1) is 14.2. The van der Waals surface area contributed by atoms with E-state index >= 15 is 0 Å². The van der Waals surface area contributed by atoms with E-state index < -0.39 is 18.4 Å². The predicted octanol–water partition coefficient (Wildman–Crippen LogP) is 2.58. The number of pyridine rings is 1. The fraction of sp³-hybridized carbons (Fsp3) is 0.0714. The molecule has 0 saturated heterocycles. The Balaban J connectivity index is 2.40. The molecule has 0 unspecified atom stereocenters. The Morgan fingerprint density at radius 1 is 1.15 bits per heavy atom. The first-order valence-electron chi connectivity index (χ1n) is 5.79. The highest BCUT2D eigenvalue weighted by Crippen LogP contribution is 2.20. The highest BCUT2D eigenvalue weighted by molar-refractivity contribution is 9.10. The van der Waals surface area contributed by atoms with Gasteiger partial charge in [-0.1, -0.05) is 18.2 Å². The Morgan fingerprint density at radius 3 is 2.45 bits per heavy atom. The third-order valence-corrected chi connectivity index (χ3v) is 3.23. The van der Waals surface area contributed by atoms with E-state index in [-0.39, 0.29) is 0 Å². The van der Waals surface area contributed by atoms with Gasteiger partial charge >= 0.3 is 5.97 Å². The number of carboxylic acids is 1. The van der Waals surface area contributed by atoms with Gasteiger partial charge in [0.25, 0.3) is 5.91 Å². The summed E-state index contributed by atoms with van der Waals surface area (Å²) in [6.07, 6.45) is 1.55. The van der Waals surface area contributed by atoms with Gasteiger partial charge in [0.05, 0.1) is 5.56 Å². The number of aliphatic carboxylic acids is 1. The third-order valence-electron chi connectivity index (χ3n) is 2.60. The maximum atomic E-state index is 12.5. The van der Waals surface area contributed by atoms with Crippen LogP contribution < -0.4 is 4.90 Å². The summed E-state index contributed by atoms with van der Waals surface area (Å²) in [4.78, 5) is 28.7. The second-order valence-corrected chi connectivity index (χ2v) is 4.71. The SMILES string of the molecule is O=C(O)CN(C(=O)c1cccnc1Br)c1ccccc1. The second kappa shape index (κ2) is 6.29. The third kappa shape index (κ3) is 3.21. The van der Waals surface area contributed by atoms with Crippen LogP contribution in [0.3, 0.4) is 0 Å². The van der Waals surface area contributed by atoms with Gasteiger partial charge in [0.15, 0.2) is 0 Å². The van der Waals surface area contributed by atoms with Gasteiger partial charge in [-0.3, -0.25) is 14.5 Å². The number of nitrogens with zero attached hydrogens (tertiary/aromatic N) is 2. The minimum Gasteiger partial charge on any atom is -0.480 e. The number of amides is 1. The molecule has 0 aliphatic heterocycles. The van der Waals surface area contributed by atoms with Gasteiger partial charge in [-0.25, -0.2) is 4.98 Å². The fourth-order valence-corrected chi connectivity index (χ4v) is 2.13. The molecule has 1 heterocycles. The molecule has 6 heteroatoms. The monoisotopic (exact) mass is 334 g/mol. The van der Waals surface area contributed by atoms with Gasteiger partial charge in [-0.15, -0.1) is 0 Å². The maximum absolute atomic E-state index is 12.5. The van der Waals surface area contributed by atoms with E-state index in [2.05, 4.69) is 20.9 Å². The fourth-order valence-electron chi connectivity index (χ4n) is 1.71. The van der Waals surface area contributed by atoms with Crippen LogP contribution in [0.15, 0.2) is 53.3 Å². The second-order valence-electron chi connectivity index (χ2n) is 3.96. The standard InChI is InChI=1S/C14H11BrN2O3/c15-13-11(7-4-8-16-13)14(20)17(9-12(18)19)10-5-2-1-3-6-10/h1-8H,9H2,(H,18,19). The Bertz CT molecular complexity index is 631. The summed E-state index contributed by atoms with van der Waals surface area (Å²) in [5.41, 5.74) is 0.841. The number of carboxylic acid groups (broad SMARTS) is 1. The molecular weight excluding hydrogens is 324 g/mol. The van der Waals surface area contributed by atoms with E-state index in [1.54, 1.807) is 48.7 Å². The molecule has 2 rings (SSSR count). The molecule has 0 atom stereocenters. The minimum absolute atomic E-state index is 0.317. The summed E-state index contributed by atoms with van der Waals surface area (Å²) in [6.45, 7) is -0.413. The average molecular weight is 335 g/mol. The highest BCUT2D eigenvalue weighted by atomic mass is 79.9. The van der Waals surface area contributed by atoms with Gasteiger partial charge in [0.1, 0.15) is 11.1 Å². The quantitative estimate of drug-likeness (QED) is 0.872. The van der Waals surface area contributed by atoms with Crippen molar-refractivity contribution >= 4 is 33.5 Å². The summed E-state index contributed by atoms with van der Waals surface area (Å²) in [7, 11) is 0. The summed E-state index contributed by atoms with van der Waals surface area (Å²) in [5, 5.41) is 8.99. The summed E-state index contributed by atoms with van der Waals surface area (Å²) in [6, 6.07) is 11.9. The number of hydrogen-bond acceptors (Lipinski definition) is 3. The number of carbonyl (C=O) groups is 2. The van der Waals surface area contributed by atoms with E-state index in [0.717, 1.165) is 0 Å². The summed E-state index contributed by atoms with van der Waals surface area (Å²) >= 11 is 3.20. The van der Waals surface area contributed by atoms with Gasteiger partial charge in [-0.2, -0.15) is 0 Å². The zero-order chi connectivity index (χ0) is 14.5. The maximum Gasteiger partial charge on any atom is 0.323 e. The van der Waals surface area contributed by atoms with E-state index in [0.29, 0.717) is 15.9 Å². The Hall–Kier alpha value is -2.21. The van der Waals surface area contributed by atoms with Gasteiger partial charge in [0, 0.05) is 11.9 Å². The molecule has 1 amide bonds. The van der Waals surface area contributed by atoms with Crippen molar-refractivity contribution < 1.29 is 14.7 Å². The number of anilines is 1. The normalized spacial score (nSPS) is 10.1. The Labute approximate surface area is 124 Å². The van der Waals surface area contributed by atoms with Crippen LogP contribution >= 0.6 is 15.9 Å². The zero-order valence-electron chi connectivity index (χ0n) is 10.4. The van der Waals surface area contributed by atoms with Crippen molar-refractivity contribution in [2.45, 2.75) is 0 Å². The van der Waals surface area contributed by atoms with E-state index in [4.69, 9.17) is 5.11 Å². The summed E-state index contributed by atoms with van der Waals surface area (Å²) < 4.78 is 0.385.